The minimum atomic E-state index is 0.528. The quantitative estimate of drug-likeness (QED) is 0.430. The molecule has 0 bridgehead atoms. The van der Waals surface area contributed by atoms with Gasteiger partial charge in [-0.15, -0.1) is 5.92 Å². The van der Waals surface area contributed by atoms with E-state index in [4.69, 9.17) is 0 Å². The molecule has 1 spiro atoms. The van der Waals surface area contributed by atoms with E-state index in [-0.39, 0.29) is 0 Å². The molecule has 0 aromatic heterocycles. The molecule has 9 heavy (non-hydrogen) atoms. The summed E-state index contributed by atoms with van der Waals surface area (Å²) in [4.78, 5) is 0. The van der Waals surface area contributed by atoms with Gasteiger partial charge >= 0.3 is 0 Å². The maximum atomic E-state index is 3.38. The molecule has 0 heteroatoms. The molecule has 2 aliphatic carbocycles. The van der Waals surface area contributed by atoms with Crippen molar-refractivity contribution in [1.29, 1.82) is 0 Å². The van der Waals surface area contributed by atoms with Crippen LogP contribution in [-0.4, -0.2) is 0 Å². The van der Waals surface area contributed by atoms with Gasteiger partial charge in [0, 0.05) is 11.8 Å². The lowest BCUT2D eigenvalue weighted by Gasteiger charge is -2.16. The molecule has 2 rings (SSSR count). The molecule has 0 radical (unpaired) electrons. The predicted molar refractivity (Wildman–Crippen MR) is 37.9 cm³/mol. The van der Waals surface area contributed by atoms with Gasteiger partial charge in [0.15, 0.2) is 0 Å². The third kappa shape index (κ3) is 0.758. The van der Waals surface area contributed by atoms with E-state index >= 15 is 0 Å². The summed E-state index contributed by atoms with van der Waals surface area (Å²) >= 11 is 0. The molecule has 0 unspecified atom stereocenters. The third-order valence-electron chi connectivity index (χ3n) is 2.64. The van der Waals surface area contributed by atoms with Gasteiger partial charge in [0.1, 0.15) is 0 Å². The molecular formula is C9H12. The maximum Gasteiger partial charge on any atom is 0.0323 e. The van der Waals surface area contributed by atoms with Crippen LogP contribution in [0.4, 0.5) is 0 Å². The van der Waals surface area contributed by atoms with Gasteiger partial charge in [0.2, 0.25) is 0 Å². The first-order valence-electron chi connectivity index (χ1n) is 3.91. The molecule has 0 atom stereocenters. The summed E-state index contributed by atoms with van der Waals surface area (Å²) in [6, 6.07) is 0. The zero-order chi connectivity index (χ0) is 6.16. The minimum Gasteiger partial charge on any atom is -0.103 e. The first kappa shape index (κ1) is 5.35. The van der Waals surface area contributed by atoms with Crippen LogP contribution in [-0.2, 0) is 0 Å². The van der Waals surface area contributed by atoms with Gasteiger partial charge in [0.25, 0.3) is 0 Å². The van der Waals surface area contributed by atoms with E-state index in [1.54, 1.807) is 0 Å². The van der Waals surface area contributed by atoms with Gasteiger partial charge in [-0.2, -0.15) is 0 Å². The summed E-state index contributed by atoms with van der Waals surface area (Å²) in [5, 5.41) is 0. The Labute approximate surface area is 56.6 Å². The average Bonchev–Trinajstić information content (AvgIpc) is 2.45. The van der Waals surface area contributed by atoms with Crippen LogP contribution in [0.5, 0.6) is 0 Å². The van der Waals surface area contributed by atoms with Crippen molar-refractivity contribution in [1.82, 2.24) is 0 Å². The number of rotatable bonds is 0. The minimum absolute atomic E-state index is 0.528. The van der Waals surface area contributed by atoms with Crippen molar-refractivity contribution in [3.05, 3.63) is 0 Å². The van der Waals surface area contributed by atoms with E-state index in [9.17, 15) is 0 Å². The fraction of sp³-hybridized carbons (Fsp3) is 0.778. The Morgan fingerprint density at radius 3 is 2.33 bits per heavy atom. The van der Waals surface area contributed by atoms with Crippen molar-refractivity contribution in [3.63, 3.8) is 0 Å². The second-order valence-electron chi connectivity index (χ2n) is 3.29. The topological polar surface area (TPSA) is 0 Å². The number of hydrogen-bond acceptors (Lipinski definition) is 0. The molecule has 0 aromatic rings. The second-order valence-corrected chi connectivity index (χ2v) is 3.29. The van der Waals surface area contributed by atoms with Crippen molar-refractivity contribution in [2.75, 3.05) is 0 Å². The summed E-state index contributed by atoms with van der Waals surface area (Å²) in [6.07, 6.45) is 8.14. The van der Waals surface area contributed by atoms with E-state index in [0.717, 1.165) is 0 Å². The van der Waals surface area contributed by atoms with Crippen LogP contribution in [0.1, 0.15) is 38.5 Å². The largest absolute Gasteiger partial charge is 0.103 e. The van der Waals surface area contributed by atoms with Crippen LogP contribution in [0.15, 0.2) is 0 Å². The molecule has 0 N–H and O–H groups in total. The van der Waals surface area contributed by atoms with Crippen molar-refractivity contribution in [3.8, 4) is 11.8 Å². The third-order valence-corrected chi connectivity index (χ3v) is 2.64. The second kappa shape index (κ2) is 1.77. The summed E-state index contributed by atoms with van der Waals surface area (Å²) in [6.45, 7) is 0. The Bertz CT molecular complexity index is 162. The lowest BCUT2D eigenvalue weighted by Crippen LogP contribution is -2.08. The molecule has 0 aromatic carbocycles. The monoisotopic (exact) mass is 120 g/mol. The molecule has 48 valence electrons. The standard InChI is InChI=1S/C9H12/c1-2-6-9(5-1)7-3-4-8-9/h1-3,5-7H2. The lowest BCUT2D eigenvalue weighted by atomic mass is 9.86. The van der Waals surface area contributed by atoms with E-state index in [0.29, 0.717) is 5.41 Å². The molecule has 0 heterocycles. The molecule has 1 fully saturated rings. The van der Waals surface area contributed by atoms with Crippen LogP contribution in [0.3, 0.4) is 0 Å². The van der Waals surface area contributed by atoms with Crippen LogP contribution >= 0.6 is 0 Å². The summed E-state index contributed by atoms with van der Waals surface area (Å²) in [5.74, 6) is 6.59. The molecule has 2 aliphatic rings. The van der Waals surface area contributed by atoms with E-state index in [1.807, 2.05) is 0 Å². The van der Waals surface area contributed by atoms with E-state index in [2.05, 4.69) is 11.8 Å². The van der Waals surface area contributed by atoms with Crippen LogP contribution in [0.25, 0.3) is 0 Å². The van der Waals surface area contributed by atoms with Crippen molar-refractivity contribution < 1.29 is 0 Å². The Morgan fingerprint density at radius 2 is 1.78 bits per heavy atom. The van der Waals surface area contributed by atoms with Crippen LogP contribution < -0.4 is 0 Å². The van der Waals surface area contributed by atoms with Crippen molar-refractivity contribution >= 4 is 0 Å². The molecule has 0 aliphatic heterocycles. The fourth-order valence-corrected chi connectivity index (χ4v) is 2.04. The van der Waals surface area contributed by atoms with Crippen molar-refractivity contribution in [2.24, 2.45) is 5.41 Å². The Balaban J connectivity index is 2.17. The molecule has 0 saturated heterocycles. The highest BCUT2D eigenvalue weighted by molar-refractivity contribution is 5.19. The smallest absolute Gasteiger partial charge is 0.0323 e. The van der Waals surface area contributed by atoms with Gasteiger partial charge in [0.05, 0.1) is 0 Å². The highest BCUT2D eigenvalue weighted by atomic mass is 14.4. The maximum absolute atomic E-state index is 3.38. The van der Waals surface area contributed by atoms with Gasteiger partial charge in [-0.05, 0) is 19.3 Å². The highest BCUT2D eigenvalue weighted by Crippen LogP contribution is 2.43. The SMILES string of the molecule is C1#CC2(CC1)CCCC2. The van der Waals surface area contributed by atoms with Crippen LogP contribution in [0.2, 0.25) is 0 Å². The zero-order valence-electron chi connectivity index (χ0n) is 5.74. The van der Waals surface area contributed by atoms with E-state index < -0.39 is 0 Å². The molecule has 1 saturated carbocycles. The normalized spacial score (nSPS) is 28.4. The van der Waals surface area contributed by atoms with Gasteiger partial charge in [-0.25, -0.2) is 0 Å². The Hall–Kier alpha value is -0.440. The summed E-state index contributed by atoms with van der Waals surface area (Å²) in [5.41, 5.74) is 0.528. The van der Waals surface area contributed by atoms with Crippen LogP contribution in [0, 0.1) is 17.3 Å². The van der Waals surface area contributed by atoms with E-state index in [1.165, 1.54) is 38.5 Å². The first-order chi connectivity index (χ1) is 4.41. The highest BCUT2D eigenvalue weighted by Gasteiger charge is 2.33. The number of hydrogen-bond donors (Lipinski definition) is 0. The van der Waals surface area contributed by atoms with Crippen molar-refractivity contribution in [2.45, 2.75) is 38.5 Å². The first-order valence-corrected chi connectivity index (χ1v) is 3.91. The summed E-state index contributed by atoms with van der Waals surface area (Å²) in [7, 11) is 0. The van der Waals surface area contributed by atoms with Gasteiger partial charge < -0.3 is 0 Å². The Kier molecular flexibility index (Phi) is 1.05. The van der Waals surface area contributed by atoms with Gasteiger partial charge in [-0.1, -0.05) is 18.8 Å². The molecule has 0 nitrogen and oxygen atoms in total. The predicted octanol–water partition coefficient (Wildman–Crippen LogP) is 2.34. The lowest BCUT2D eigenvalue weighted by molar-refractivity contribution is 0.402. The molecular weight excluding hydrogens is 108 g/mol. The summed E-state index contributed by atoms with van der Waals surface area (Å²) < 4.78 is 0. The zero-order valence-corrected chi connectivity index (χ0v) is 5.74. The average molecular weight is 120 g/mol. The molecule has 0 amide bonds. The van der Waals surface area contributed by atoms with Gasteiger partial charge in [-0.3, -0.25) is 0 Å². The fourth-order valence-electron chi connectivity index (χ4n) is 2.04. The Morgan fingerprint density at radius 1 is 1.00 bits per heavy atom.